The Morgan fingerprint density at radius 2 is 2.18 bits per heavy atom. The molecule has 0 spiro atoms. The molecular formula is C8H15NO2. The van der Waals surface area contributed by atoms with Crippen LogP contribution in [0.1, 0.15) is 20.8 Å². The van der Waals surface area contributed by atoms with Crippen molar-refractivity contribution >= 4 is 5.78 Å². The van der Waals surface area contributed by atoms with Crippen molar-refractivity contribution < 1.29 is 9.53 Å². The number of carbonyl (C=O) groups excluding carboxylic acids is 1. The normalized spacial score (nSPS) is 11.0. The first kappa shape index (κ1) is 10.0. The fourth-order valence-corrected chi connectivity index (χ4v) is 0.658. The Morgan fingerprint density at radius 1 is 1.55 bits per heavy atom. The number of nitrogens with one attached hydrogen (secondary N) is 1. The summed E-state index contributed by atoms with van der Waals surface area (Å²) in [6.45, 7) is 6.67. The van der Waals surface area contributed by atoms with Crippen LogP contribution in [0.3, 0.4) is 0 Å². The lowest BCUT2D eigenvalue weighted by molar-refractivity contribution is -0.112. The number of rotatable bonds is 5. The van der Waals surface area contributed by atoms with Crippen molar-refractivity contribution in [3.8, 4) is 0 Å². The zero-order valence-electron chi connectivity index (χ0n) is 7.31. The van der Waals surface area contributed by atoms with Gasteiger partial charge in [0, 0.05) is 12.6 Å². The van der Waals surface area contributed by atoms with Gasteiger partial charge in [-0.2, -0.15) is 0 Å². The molecule has 1 N–H and O–H groups in total. The largest absolute Gasteiger partial charge is 0.479 e. The summed E-state index contributed by atoms with van der Waals surface area (Å²) in [5.41, 5.74) is 0. The molecule has 0 atom stereocenters. The highest BCUT2D eigenvalue weighted by Gasteiger charge is 1.95. The molecule has 0 rings (SSSR count). The topological polar surface area (TPSA) is 38.3 Å². The van der Waals surface area contributed by atoms with Crippen molar-refractivity contribution in [3.05, 3.63) is 12.0 Å². The van der Waals surface area contributed by atoms with Crippen LogP contribution in [0.25, 0.3) is 0 Å². The van der Waals surface area contributed by atoms with Crippen molar-refractivity contribution in [2.24, 2.45) is 0 Å². The molecular weight excluding hydrogens is 142 g/mol. The number of ketones is 1. The molecule has 0 saturated carbocycles. The Kier molecular flexibility index (Phi) is 5.25. The Morgan fingerprint density at radius 3 is 2.55 bits per heavy atom. The molecule has 11 heavy (non-hydrogen) atoms. The van der Waals surface area contributed by atoms with E-state index in [4.69, 9.17) is 4.74 Å². The molecule has 0 heterocycles. The molecule has 0 aromatic rings. The smallest absolute Gasteiger partial charge is 0.190 e. The van der Waals surface area contributed by atoms with Gasteiger partial charge in [-0.3, -0.25) is 4.79 Å². The lowest BCUT2D eigenvalue weighted by Gasteiger charge is -2.07. The second-order valence-electron chi connectivity index (χ2n) is 2.08. The Hall–Kier alpha value is -0.990. The fourth-order valence-electron chi connectivity index (χ4n) is 0.658. The van der Waals surface area contributed by atoms with E-state index in [-0.39, 0.29) is 5.78 Å². The van der Waals surface area contributed by atoms with Gasteiger partial charge in [0.1, 0.15) is 0 Å². The van der Waals surface area contributed by atoms with Gasteiger partial charge >= 0.3 is 0 Å². The lowest BCUT2D eigenvalue weighted by Crippen LogP contribution is -2.15. The minimum absolute atomic E-state index is 0.00519. The maximum Gasteiger partial charge on any atom is 0.190 e. The molecule has 0 bridgehead atoms. The minimum atomic E-state index is -0.00519. The number of hydrogen-bond acceptors (Lipinski definition) is 3. The molecule has 0 aliphatic heterocycles. The summed E-state index contributed by atoms with van der Waals surface area (Å²) in [5, 5.41) is 2.93. The van der Waals surface area contributed by atoms with E-state index in [9.17, 15) is 4.79 Å². The Labute approximate surface area is 67.4 Å². The van der Waals surface area contributed by atoms with Gasteiger partial charge in [0.05, 0.1) is 6.61 Å². The molecule has 0 aromatic carbocycles. The number of allylic oxidation sites excluding steroid dienone is 1. The molecule has 0 fully saturated rings. The van der Waals surface area contributed by atoms with Crippen LogP contribution >= 0.6 is 0 Å². The van der Waals surface area contributed by atoms with Gasteiger partial charge in [0.2, 0.25) is 0 Å². The van der Waals surface area contributed by atoms with E-state index in [1.165, 1.54) is 13.0 Å². The van der Waals surface area contributed by atoms with Gasteiger partial charge in [-0.05, 0) is 20.8 Å². The van der Waals surface area contributed by atoms with Crippen LogP contribution in [0, 0.1) is 0 Å². The monoisotopic (exact) mass is 157 g/mol. The molecule has 0 amide bonds. The van der Waals surface area contributed by atoms with Crippen molar-refractivity contribution in [2.45, 2.75) is 20.8 Å². The van der Waals surface area contributed by atoms with E-state index >= 15 is 0 Å². The Bertz CT molecular complexity index is 144. The standard InChI is InChI=1S/C8H15NO2/c1-4-9-8(11-5-2)6-7(3)10/h6,9H,4-5H2,1-3H3/b8-6+. The molecule has 0 radical (unpaired) electrons. The van der Waals surface area contributed by atoms with Crippen molar-refractivity contribution in [3.63, 3.8) is 0 Å². The van der Waals surface area contributed by atoms with Crippen molar-refractivity contribution in [2.75, 3.05) is 13.2 Å². The molecule has 0 aliphatic rings. The second kappa shape index (κ2) is 5.77. The van der Waals surface area contributed by atoms with E-state index in [0.717, 1.165) is 6.54 Å². The summed E-state index contributed by atoms with van der Waals surface area (Å²) in [4.78, 5) is 10.6. The van der Waals surface area contributed by atoms with Gasteiger partial charge in [-0.1, -0.05) is 0 Å². The van der Waals surface area contributed by atoms with Gasteiger partial charge in [0.15, 0.2) is 11.7 Å². The van der Waals surface area contributed by atoms with Crippen LogP contribution < -0.4 is 5.32 Å². The van der Waals surface area contributed by atoms with Crippen LogP contribution in [0.2, 0.25) is 0 Å². The predicted molar refractivity (Wildman–Crippen MR) is 44.1 cm³/mol. The van der Waals surface area contributed by atoms with Gasteiger partial charge in [-0.25, -0.2) is 0 Å². The maximum absolute atomic E-state index is 10.6. The quantitative estimate of drug-likeness (QED) is 0.479. The van der Waals surface area contributed by atoms with Gasteiger partial charge in [-0.15, -0.1) is 0 Å². The highest BCUT2D eigenvalue weighted by molar-refractivity contribution is 5.87. The summed E-state index contributed by atoms with van der Waals surface area (Å²) in [5.74, 6) is 0.553. The molecule has 0 aromatic heterocycles. The summed E-state index contributed by atoms with van der Waals surface area (Å²) in [6.07, 6.45) is 1.45. The van der Waals surface area contributed by atoms with E-state index in [0.29, 0.717) is 12.5 Å². The summed E-state index contributed by atoms with van der Waals surface area (Å²) >= 11 is 0. The first-order chi connectivity index (χ1) is 5.20. The summed E-state index contributed by atoms with van der Waals surface area (Å²) < 4.78 is 5.12. The fraction of sp³-hybridized carbons (Fsp3) is 0.625. The van der Waals surface area contributed by atoms with Gasteiger partial charge in [0.25, 0.3) is 0 Å². The second-order valence-corrected chi connectivity index (χ2v) is 2.08. The van der Waals surface area contributed by atoms with E-state index in [1.54, 1.807) is 0 Å². The molecule has 3 heteroatoms. The van der Waals surface area contributed by atoms with Crippen LogP contribution in [-0.4, -0.2) is 18.9 Å². The van der Waals surface area contributed by atoms with Crippen molar-refractivity contribution in [1.82, 2.24) is 5.32 Å². The average molecular weight is 157 g/mol. The van der Waals surface area contributed by atoms with E-state index in [1.807, 2.05) is 13.8 Å². The molecule has 0 unspecified atom stereocenters. The van der Waals surface area contributed by atoms with Gasteiger partial charge < -0.3 is 10.1 Å². The maximum atomic E-state index is 10.6. The molecule has 3 nitrogen and oxygen atoms in total. The molecule has 0 aliphatic carbocycles. The minimum Gasteiger partial charge on any atom is -0.479 e. The summed E-state index contributed by atoms with van der Waals surface area (Å²) in [7, 11) is 0. The number of carbonyl (C=O) groups is 1. The lowest BCUT2D eigenvalue weighted by atomic mass is 10.4. The van der Waals surface area contributed by atoms with Crippen molar-refractivity contribution in [1.29, 1.82) is 0 Å². The summed E-state index contributed by atoms with van der Waals surface area (Å²) in [6, 6.07) is 0. The zero-order chi connectivity index (χ0) is 8.69. The Balaban J connectivity index is 3.96. The van der Waals surface area contributed by atoms with Crippen LogP contribution in [0.5, 0.6) is 0 Å². The van der Waals surface area contributed by atoms with E-state index in [2.05, 4.69) is 5.32 Å². The average Bonchev–Trinajstić information content (AvgIpc) is 1.87. The SMILES string of the molecule is CCN/C(=C\C(C)=O)OCC. The number of ether oxygens (including phenoxy) is 1. The highest BCUT2D eigenvalue weighted by atomic mass is 16.5. The first-order valence-electron chi connectivity index (χ1n) is 3.79. The molecule has 64 valence electrons. The third-order valence-corrected chi connectivity index (χ3v) is 0.985. The highest BCUT2D eigenvalue weighted by Crippen LogP contribution is 1.91. The number of hydrogen-bond donors (Lipinski definition) is 1. The third-order valence-electron chi connectivity index (χ3n) is 0.985. The molecule has 0 saturated heterocycles. The van der Waals surface area contributed by atoms with Crippen LogP contribution in [-0.2, 0) is 9.53 Å². The van der Waals surface area contributed by atoms with E-state index < -0.39 is 0 Å². The van der Waals surface area contributed by atoms with Crippen LogP contribution in [0.15, 0.2) is 12.0 Å². The zero-order valence-corrected chi connectivity index (χ0v) is 7.31. The first-order valence-corrected chi connectivity index (χ1v) is 3.79. The van der Waals surface area contributed by atoms with Crippen LogP contribution in [0.4, 0.5) is 0 Å². The third kappa shape index (κ3) is 5.45. The predicted octanol–water partition coefficient (Wildman–Crippen LogP) is 1.06.